The van der Waals surface area contributed by atoms with Gasteiger partial charge < -0.3 is 0 Å². The Morgan fingerprint density at radius 2 is 2.00 bits per heavy atom. The predicted molar refractivity (Wildman–Crippen MR) is 104 cm³/mol. The van der Waals surface area contributed by atoms with Gasteiger partial charge in [-0.1, -0.05) is 29.8 Å². The molecule has 3 heterocycles. The Kier molecular flexibility index (Phi) is 5.02. The monoisotopic (exact) mass is 344 g/mol. The molecule has 3 aromatic rings. The largest absolute Gasteiger partial charge is 0.298 e. The van der Waals surface area contributed by atoms with Gasteiger partial charge in [0.15, 0.2) is 0 Å². The Labute approximate surface area is 155 Å². The predicted octanol–water partition coefficient (Wildman–Crippen LogP) is 4.23. The Balaban J connectivity index is 1.57. The van der Waals surface area contributed by atoms with Crippen LogP contribution in [0.15, 0.2) is 61.2 Å². The van der Waals surface area contributed by atoms with Gasteiger partial charge in [-0.2, -0.15) is 0 Å². The molecule has 0 aliphatic carbocycles. The van der Waals surface area contributed by atoms with Crippen molar-refractivity contribution in [2.45, 2.75) is 32.2 Å². The third-order valence-corrected chi connectivity index (χ3v) is 5.04. The lowest BCUT2D eigenvalue weighted by Gasteiger charge is -2.33. The number of nitrogens with zero attached hydrogens (tertiary/aromatic N) is 4. The van der Waals surface area contributed by atoms with Crippen LogP contribution in [0.1, 0.15) is 35.6 Å². The molecule has 0 unspecified atom stereocenters. The standard InChI is InChI=1S/C22H24N4/c1-17-5-2-7-19(13-17)21-22(25-11-10-24-21)20-8-4-12-26(16-20)15-18-6-3-9-23-14-18/h2-3,5-7,9-11,13-14,20H,4,8,12,15-16H2,1H3/t20-/m1/s1. The summed E-state index contributed by atoms with van der Waals surface area (Å²) in [5.41, 5.74) is 5.85. The molecule has 4 rings (SSSR count). The molecule has 132 valence electrons. The molecule has 4 nitrogen and oxygen atoms in total. The molecule has 0 amide bonds. The number of hydrogen-bond donors (Lipinski definition) is 0. The van der Waals surface area contributed by atoms with Crippen molar-refractivity contribution in [3.05, 3.63) is 78.0 Å². The molecule has 0 N–H and O–H groups in total. The summed E-state index contributed by atoms with van der Waals surface area (Å²) < 4.78 is 0. The van der Waals surface area contributed by atoms with Crippen LogP contribution in [0.4, 0.5) is 0 Å². The van der Waals surface area contributed by atoms with Crippen LogP contribution in [0.5, 0.6) is 0 Å². The summed E-state index contributed by atoms with van der Waals surface area (Å²) in [4.78, 5) is 16.2. The summed E-state index contributed by atoms with van der Waals surface area (Å²) in [5.74, 6) is 0.421. The van der Waals surface area contributed by atoms with Gasteiger partial charge in [-0.15, -0.1) is 0 Å². The van der Waals surface area contributed by atoms with E-state index in [1.165, 1.54) is 24.0 Å². The fourth-order valence-corrected chi connectivity index (χ4v) is 3.83. The second-order valence-electron chi connectivity index (χ2n) is 7.10. The van der Waals surface area contributed by atoms with Crippen molar-refractivity contribution in [1.82, 2.24) is 19.9 Å². The first-order chi connectivity index (χ1) is 12.8. The molecule has 0 saturated carbocycles. The van der Waals surface area contributed by atoms with Crippen LogP contribution in [-0.4, -0.2) is 32.9 Å². The second kappa shape index (κ2) is 7.75. The molecule has 0 radical (unpaired) electrons. The van der Waals surface area contributed by atoms with Gasteiger partial charge in [-0.25, -0.2) is 0 Å². The zero-order valence-corrected chi connectivity index (χ0v) is 15.2. The lowest BCUT2D eigenvalue weighted by Crippen LogP contribution is -2.34. The molecule has 1 saturated heterocycles. The third kappa shape index (κ3) is 3.81. The van der Waals surface area contributed by atoms with Crippen molar-refractivity contribution in [1.29, 1.82) is 0 Å². The molecular formula is C22H24N4. The van der Waals surface area contributed by atoms with E-state index < -0.39 is 0 Å². The smallest absolute Gasteiger partial charge is 0.0920 e. The van der Waals surface area contributed by atoms with E-state index in [2.05, 4.69) is 52.1 Å². The van der Waals surface area contributed by atoms with Gasteiger partial charge in [0.05, 0.1) is 11.4 Å². The summed E-state index contributed by atoms with van der Waals surface area (Å²) in [6.45, 7) is 5.22. The summed E-state index contributed by atoms with van der Waals surface area (Å²) in [5, 5.41) is 0. The second-order valence-corrected chi connectivity index (χ2v) is 7.10. The van der Waals surface area contributed by atoms with Crippen molar-refractivity contribution in [3.8, 4) is 11.3 Å². The Bertz CT molecular complexity index is 863. The zero-order valence-electron chi connectivity index (χ0n) is 15.2. The lowest BCUT2D eigenvalue weighted by atomic mass is 9.91. The maximum Gasteiger partial charge on any atom is 0.0920 e. The Morgan fingerprint density at radius 3 is 2.85 bits per heavy atom. The topological polar surface area (TPSA) is 41.9 Å². The molecule has 0 bridgehead atoms. The van der Waals surface area contributed by atoms with E-state index in [0.717, 1.165) is 36.6 Å². The SMILES string of the molecule is Cc1cccc(-c2nccnc2[C@@H]2CCCN(Cc3cccnc3)C2)c1. The van der Waals surface area contributed by atoms with Gasteiger partial charge in [-0.05, 0) is 44.0 Å². The van der Waals surface area contributed by atoms with E-state index in [0.29, 0.717) is 5.92 Å². The van der Waals surface area contributed by atoms with Crippen LogP contribution in [0, 0.1) is 6.92 Å². The lowest BCUT2D eigenvalue weighted by molar-refractivity contribution is 0.198. The van der Waals surface area contributed by atoms with Crippen LogP contribution in [0.25, 0.3) is 11.3 Å². The average Bonchev–Trinajstić information content (AvgIpc) is 2.69. The maximum atomic E-state index is 4.75. The highest BCUT2D eigenvalue weighted by Gasteiger charge is 2.25. The van der Waals surface area contributed by atoms with E-state index in [-0.39, 0.29) is 0 Å². The van der Waals surface area contributed by atoms with Crippen molar-refractivity contribution < 1.29 is 0 Å². The van der Waals surface area contributed by atoms with E-state index in [1.807, 2.05) is 24.7 Å². The van der Waals surface area contributed by atoms with Crippen molar-refractivity contribution in [2.75, 3.05) is 13.1 Å². The quantitative estimate of drug-likeness (QED) is 0.710. The summed E-state index contributed by atoms with van der Waals surface area (Å²) in [6, 6.07) is 12.7. The van der Waals surface area contributed by atoms with Crippen LogP contribution in [-0.2, 0) is 6.54 Å². The molecule has 1 aromatic carbocycles. The van der Waals surface area contributed by atoms with Gasteiger partial charge in [0, 0.05) is 49.4 Å². The number of likely N-dealkylation sites (tertiary alicyclic amines) is 1. The third-order valence-electron chi connectivity index (χ3n) is 5.04. The van der Waals surface area contributed by atoms with E-state index in [4.69, 9.17) is 4.98 Å². The molecule has 2 aromatic heterocycles. The minimum atomic E-state index is 0.421. The molecule has 1 atom stereocenters. The summed E-state index contributed by atoms with van der Waals surface area (Å²) in [7, 11) is 0. The summed E-state index contributed by atoms with van der Waals surface area (Å²) in [6.07, 6.45) is 9.78. The minimum absolute atomic E-state index is 0.421. The highest BCUT2D eigenvalue weighted by atomic mass is 15.1. The Hall–Kier alpha value is -2.59. The fraction of sp³-hybridized carbons (Fsp3) is 0.318. The van der Waals surface area contributed by atoms with Crippen molar-refractivity contribution >= 4 is 0 Å². The number of aryl methyl sites for hydroxylation is 1. The molecular weight excluding hydrogens is 320 g/mol. The molecule has 1 aliphatic rings. The molecule has 1 fully saturated rings. The molecule has 0 spiro atoms. The first-order valence-electron chi connectivity index (χ1n) is 9.29. The number of aromatic nitrogens is 3. The average molecular weight is 344 g/mol. The molecule has 4 heteroatoms. The Morgan fingerprint density at radius 1 is 1.08 bits per heavy atom. The van der Waals surface area contributed by atoms with Gasteiger partial charge in [0.1, 0.15) is 0 Å². The number of benzene rings is 1. The van der Waals surface area contributed by atoms with Crippen LogP contribution in [0.2, 0.25) is 0 Å². The van der Waals surface area contributed by atoms with Crippen LogP contribution < -0.4 is 0 Å². The molecule has 1 aliphatic heterocycles. The van der Waals surface area contributed by atoms with Crippen LogP contribution >= 0.6 is 0 Å². The number of rotatable bonds is 4. The van der Waals surface area contributed by atoms with Crippen molar-refractivity contribution in [3.63, 3.8) is 0 Å². The van der Waals surface area contributed by atoms with Crippen molar-refractivity contribution in [2.24, 2.45) is 0 Å². The maximum absolute atomic E-state index is 4.75. The molecule has 26 heavy (non-hydrogen) atoms. The van der Waals surface area contributed by atoms with Gasteiger partial charge in [0.2, 0.25) is 0 Å². The first kappa shape index (κ1) is 16.9. The van der Waals surface area contributed by atoms with Gasteiger partial charge >= 0.3 is 0 Å². The highest BCUT2D eigenvalue weighted by Crippen LogP contribution is 2.32. The number of pyridine rings is 1. The zero-order chi connectivity index (χ0) is 17.8. The van der Waals surface area contributed by atoms with E-state index in [9.17, 15) is 0 Å². The van der Waals surface area contributed by atoms with E-state index in [1.54, 1.807) is 6.20 Å². The minimum Gasteiger partial charge on any atom is -0.298 e. The highest BCUT2D eigenvalue weighted by molar-refractivity contribution is 5.63. The van der Waals surface area contributed by atoms with Gasteiger partial charge in [0.25, 0.3) is 0 Å². The van der Waals surface area contributed by atoms with E-state index >= 15 is 0 Å². The normalized spacial score (nSPS) is 18.0. The van der Waals surface area contributed by atoms with Crippen LogP contribution in [0.3, 0.4) is 0 Å². The first-order valence-corrected chi connectivity index (χ1v) is 9.29. The fourth-order valence-electron chi connectivity index (χ4n) is 3.83. The number of piperidine rings is 1. The number of hydrogen-bond acceptors (Lipinski definition) is 4. The summed E-state index contributed by atoms with van der Waals surface area (Å²) >= 11 is 0. The van der Waals surface area contributed by atoms with Gasteiger partial charge in [-0.3, -0.25) is 19.9 Å².